The van der Waals surface area contributed by atoms with E-state index in [0.29, 0.717) is 0 Å². The molecular weight excluding hydrogens is 516 g/mol. The van der Waals surface area contributed by atoms with Gasteiger partial charge in [-0.05, 0) is 59.7 Å². The maximum Gasteiger partial charge on any atom is 0.164 e. The van der Waals surface area contributed by atoms with Crippen molar-refractivity contribution in [3.05, 3.63) is 146 Å². The second-order valence-electron chi connectivity index (χ2n) is 10.1. The van der Waals surface area contributed by atoms with Crippen LogP contribution in [0.4, 0.5) is 0 Å². The molecule has 0 N–H and O–H groups in total. The molecule has 0 spiro atoms. The summed E-state index contributed by atoms with van der Waals surface area (Å²) in [7, 11) is 0. The molecule has 6 nitrogen and oxygen atoms in total. The summed E-state index contributed by atoms with van der Waals surface area (Å²) in [5.41, 5.74) is 9.80. The third-order valence-electron chi connectivity index (χ3n) is 7.48. The number of hydrogen-bond acceptors (Lipinski definition) is 4. The minimum atomic E-state index is 0.843. The third kappa shape index (κ3) is 4.05. The van der Waals surface area contributed by atoms with E-state index in [2.05, 4.69) is 91.9 Å². The maximum atomic E-state index is 4.94. The van der Waals surface area contributed by atoms with Crippen LogP contribution in [0.2, 0.25) is 0 Å². The maximum absolute atomic E-state index is 4.94. The van der Waals surface area contributed by atoms with Gasteiger partial charge in [0.25, 0.3) is 0 Å². The van der Waals surface area contributed by atoms with Crippen molar-refractivity contribution in [1.29, 1.82) is 0 Å². The van der Waals surface area contributed by atoms with Crippen molar-refractivity contribution in [2.75, 3.05) is 0 Å². The molecule has 42 heavy (non-hydrogen) atoms. The number of pyridine rings is 2. The van der Waals surface area contributed by atoms with E-state index in [1.165, 1.54) is 0 Å². The summed E-state index contributed by atoms with van der Waals surface area (Å²) < 4.78 is 4.24. The first kappa shape index (κ1) is 24.0. The summed E-state index contributed by atoms with van der Waals surface area (Å²) in [4.78, 5) is 19.2. The van der Waals surface area contributed by atoms with Gasteiger partial charge in [0.15, 0.2) is 11.3 Å². The molecule has 0 aliphatic carbocycles. The lowest BCUT2D eigenvalue weighted by Crippen LogP contribution is -1.98. The SMILES string of the molecule is c1ccc(-n2c(-c3ccc(-c4ccc(-c5nc6cccnc6n5-c5ccccc5)cc4)cc3)nc3cccnc32)cc1. The Morgan fingerprint density at radius 3 is 1.14 bits per heavy atom. The standard InChI is InChI=1S/C36H24N6/c1-3-9-29(10-4-1)41-33(39-31-13-7-23-37-35(31)41)27-19-15-25(16-20-27)26-17-21-28(22-18-26)34-40-32-14-8-24-38-36(32)42(34)30-11-5-2-6-12-30/h1-24H. The summed E-state index contributed by atoms with van der Waals surface area (Å²) in [6.45, 7) is 0. The minimum absolute atomic E-state index is 0.843. The molecule has 0 aliphatic heterocycles. The lowest BCUT2D eigenvalue weighted by molar-refractivity contribution is 1.08. The molecule has 0 saturated carbocycles. The number of para-hydroxylation sites is 2. The molecule has 198 valence electrons. The Morgan fingerprint density at radius 1 is 0.357 bits per heavy atom. The molecule has 0 atom stereocenters. The number of aromatic nitrogens is 6. The van der Waals surface area contributed by atoms with Crippen LogP contribution in [0.1, 0.15) is 0 Å². The van der Waals surface area contributed by atoms with Gasteiger partial charge >= 0.3 is 0 Å². The molecule has 0 unspecified atom stereocenters. The Labute approximate surface area is 242 Å². The van der Waals surface area contributed by atoms with Crippen molar-refractivity contribution in [2.45, 2.75) is 0 Å². The molecule has 6 heteroatoms. The molecule has 0 bridgehead atoms. The van der Waals surface area contributed by atoms with E-state index in [9.17, 15) is 0 Å². The molecule has 0 radical (unpaired) electrons. The Bertz CT molecular complexity index is 2000. The topological polar surface area (TPSA) is 61.4 Å². The van der Waals surface area contributed by atoms with Crippen LogP contribution in [0.5, 0.6) is 0 Å². The van der Waals surface area contributed by atoms with Gasteiger partial charge < -0.3 is 0 Å². The molecule has 0 amide bonds. The summed E-state index contributed by atoms with van der Waals surface area (Å²) >= 11 is 0. The first-order valence-corrected chi connectivity index (χ1v) is 13.8. The third-order valence-corrected chi connectivity index (χ3v) is 7.48. The molecular formula is C36H24N6. The molecule has 8 rings (SSSR count). The van der Waals surface area contributed by atoms with Crippen molar-refractivity contribution in [3.8, 4) is 45.3 Å². The van der Waals surface area contributed by atoms with Crippen molar-refractivity contribution in [2.24, 2.45) is 0 Å². The average Bonchev–Trinajstić information content (AvgIpc) is 3.65. The minimum Gasteiger partial charge on any atom is -0.277 e. The van der Waals surface area contributed by atoms with Gasteiger partial charge in [-0.3, -0.25) is 9.13 Å². The number of benzene rings is 4. The van der Waals surface area contributed by atoms with Gasteiger partial charge in [-0.1, -0.05) is 84.9 Å². The van der Waals surface area contributed by atoms with Crippen molar-refractivity contribution < 1.29 is 0 Å². The van der Waals surface area contributed by atoms with E-state index in [4.69, 9.17) is 9.97 Å². The van der Waals surface area contributed by atoms with Crippen molar-refractivity contribution in [3.63, 3.8) is 0 Å². The van der Waals surface area contributed by atoms with E-state index in [1.54, 1.807) is 0 Å². The highest BCUT2D eigenvalue weighted by Gasteiger charge is 2.17. The highest BCUT2D eigenvalue weighted by atomic mass is 15.1. The van der Waals surface area contributed by atoms with Crippen LogP contribution in [0.25, 0.3) is 67.6 Å². The predicted molar refractivity (Wildman–Crippen MR) is 168 cm³/mol. The van der Waals surface area contributed by atoms with Crippen molar-refractivity contribution >= 4 is 22.3 Å². The molecule has 8 aromatic rings. The number of hydrogen-bond donors (Lipinski definition) is 0. The number of rotatable bonds is 5. The first-order valence-electron chi connectivity index (χ1n) is 13.8. The molecule has 0 aliphatic rings. The van der Waals surface area contributed by atoms with E-state index in [0.717, 1.165) is 67.6 Å². The van der Waals surface area contributed by atoms with E-state index < -0.39 is 0 Å². The second-order valence-corrected chi connectivity index (χ2v) is 10.1. The van der Waals surface area contributed by atoms with Gasteiger partial charge in [0.2, 0.25) is 0 Å². The summed E-state index contributed by atoms with van der Waals surface area (Å²) in [6, 6.07) is 45.5. The molecule has 4 aromatic heterocycles. The second kappa shape index (κ2) is 9.94. The Kier molecular flexibility index (Phi) is 5.67. The van der Waals surface area contributed by atoms with Crippen LogP contribution in [-0.2, 0) is 0 Å². The lowest BCUT2D eigenvalue weighted by atomic mass is 10.0. The van der Waals surface area contributed by atoms with Crippen LogP contribution in [0.15, 0.2) is 146 Å². The highest BCUT2D eigenvalue weighted by molar-refractivity contribution is 5.82. The lowest BCUT2D eigenvalue weighted by Gasteiger charge is -2.11. The normalized spacial score (nSPS) is 11.3. The van der Waals surface area contributed by atoms with Gasteiger partial charge in [-0.2, -0.15) is 0 Å². The Morgan fingerprint density at radius 2 is 0.738 bits per heavy atom. The van der Waals surface area contributed by atoms with Crippen LogP contribution >= 0.6 is 0 Å². The Balaban J connectivity index is 1.16. The fourth-order valence-electron chi connectivity index (χ4n) is 5.48. The largest absolute Gasteiger partial charge is 0.277 e. The summed E-state index contributed by atoms with van der Waals surface area (Å²) in [5.74, 6) is 1.73. The summed E-state index contributed by atoms with van der Waals surface area (Å²) in [6.07, 6.45) is 3.62. The average molecular weight is 541 g/mol. The van der Waals surface area contributed by atoms with Crippen LogP contribution in [0.3, 0.4) is 0 Å². The zero-order chi connectivity index (χ0) is 27.9. The number of imidazole rings is 2. The monoisotopic (exact) mass is 540 g/mol. The number of fused-ring (bicyclic) bond motifs is 2. The molecule has 4 aromatic carbocycles. The van der Waals surface area contributed by atoms with Crippen LogP contribution in [0, 0.1) is 0 Å². The van der Waals surface area contributed by atoms with E-state index >= 15 is 0 Å². The van der Waals surface area contributed by atoms with Gasteiger partial charge in [-0.25, -0.2) is 19.9 Å². The molecule has 4 heterocycles. The number of nitrogens with zero attached hydrogens (tertiary/aromatic N) is 6. The van der Waals surface area contributed by atoms with Gasteiger partial charge in [-0.15, -0.1) is 0 Å². The molecule has 0 fully saturated rings. The summed E-state index contributed by atoms with van der Waals surface area (Å²) in [5, 5.41) is 0. The highest BCUT2D eigenvalue weighted by Crippen LogP contribution is 2.32. The quantitative estimate of drug-likeness (QED) is 0.221. The fraction of sp³-hybridized carbons (Fsp3) is 0. The van der Waals surface area contributed by atoms with Crippen LogP contribution in [-0.4, -0.2) is 29.1 Å². The fourth-order valence-corrected chi connectivity index (χ4v) is 5.48. The van der Waals surface area contributed by atoms with E-state index in [1.807, 2.05) is 73.1 Å². The Hall–Kier alpha value is -5.88. The van der Waals surface area contributed by atoms with E-state index in [-0.39, 0.29) is 0 Å². The van der Waals surface area contributed by atoms with Gasteiger partial charge in [0.1, 0.15) is 22.7 Å². The van der Waals surface area contributed by atoms with Crippen LogP contribution < -0.4 is 0 Å². The molecule has 0 saturated heterocycles. The predicted octanol–water partition coefficient (Wildman–Crippen LogP) is 8.16. The van der Waals surface area contributed by atoms with Gasteiger partial charge in [0, 0.05) is 34.9 Å². The van der Waals surface area contributed by atoms with Gasteiger partial charge in [0.05, 0.1) is 0 Å². The zero-order valence-electron chi connectivity index (χ0n) is 22.5. The zero-order valence-corrected chi connectivity index (χ0v) is 22.5. The first-order chi connectivity index (χ1) is 20.8. The smallest absolute Gasteiger partial charge is 0.164 e. The van der Waals surface area contributed by atoms with Crippen molar-refractivity contribution in [1.82, 2.24) is 29.1 Å².